The van der Waals surface area contributed by atoms with Crippen molar-refractivity contribution in [2.75, 3.05) is 13.1 Å². The van der Waals surface area contributed by atoms with Gasteiger partial charge in [-0.15, -0.1) is 0 Å². The third-order valence-corrected chi connectivity index (χ3v) is 2.95. The van der Waals surface area contributed by atoms with Crippen LogP contribution in [-0.2, 0) is 6.54 Å². The standard InChI is InChI=1S/C11H16BrNO/c1-3-13(4-2)8-9-5-6-11(14)10(12)7-9/h5-7,14H,3-4,8H2,1-2H3. The number of halogens is 1. The fourth-order valence-corrected chi connectivity index (χ4v) is 1.78. The van der Waals surface area contributed by atoms with Crippen molar-refractivity contribution in [3.05, 3.63) is 28.2 Å². The van der Waals surface area contributed by atoms with E-state index < -0.39 is 0 Å². The van der Waals surface area contributed by atoms with Gasteiger partial charge in [-0.2, -0.15) is 0 Å². The van der Waals surface area contributed by atoms with Crippen molar-refractivity contribution < 1.29 is 5.11 Å². The molecule has 0 radical (unpaired) electrons. The number of rotatable bonds is 4. The maximum absolute atomic E-state index is 9.33. The lowest BCUT2D eigenvalue weighted by molar-refractivity contribution is 0.295. The van der Waals surface area contributed by atoms with Gasteiger partial charge in [-0.3, -0.25) is 4.90 Å². The van der Waals surface area contributed by atoms with Crippen molar-refractivity contribution in [2.45, 2.75) is 20.4 Å². The average molecular weight is 258 g/mol. The van der Waals surface area contributed by atoms with Crippen LogP contribution >= 0.6 is 15.9 Å². The normalized spacial score (nSPS) is 10.9. The Hall–Kier alpha value is -0.540. The first-order chi connectivity index (χ1) is 6.67. The summed E-state index contributed by atoms with van der Waals surface area (Å²) in [5.74, 6) is 0.299. The summed E-state index contributed by atoms with van der Waals surface area (Å²) in [6.07, 6.45) is 0. The molecule has 1 aromatic carbocycles. The number of hydrogen-bond donors (Lipinski definition) is 1. The number of phenolic OH excluding ortho intramolecular Hbond substituents is 1. The molecule has 2 nitrogen and oxygen atoms in total. The minimum absolute atomic E-state index is 0.299. The van der Waals surface area contributed by atoms with E-state index in [1.807, 2.05) is 12.1 Å². The minimum atomic E-state index is 0.299. The van der Waals surface area contributed by atoms with Crippen LogP contribution in [0.25, 0.3) is 0 Å². The Balaban J connectivity index is 2.72. The van der Waals surface area contributed by atoms with Gasteiger partial charge < -0.3 is 5.11 Å². The fourth-order valence-electron chi connectivity index (χ4n) is 1.35. The van der Waals surface area contributed by atoms with Crippen molar-refractivity contribution in [3.8, 4) is 5.75 Å². The van der Waals surface area contributed by atoms with E-state index in [2.05, 4.69) is 34.7 Å². The van der Waals surface area contributed by atoms with Gasteiger partial charge in [-0.25, -0.2) is 0 Å². The Bertz CT molecular complexity index is 297. The highest BCUT2D eigenvalue weighted by atomic mass is 79.9. The molecule has 1 rings (SSSR count). The van der Waals surface area contributed by atoms with Gasteiger partial charge in [0.1, 0.15) is 5.75 Å². The second-order valence-electron chi connectivity index (χ2n) is 3.25. The zero-order valence-electron chi connectivity index (χ0n) is 8.63. The van der Waals surface area contributed by atoms with Crippen molar-refractivity contribution in [3.63, 3.8) is 0 Å². The molecule has 0 unspecified atom stereocenters. The number of phenols is 1. The third-order valence-electron chi connectivity index (χ3n) is 2.31. The van der Waals surface area contributed by atoms with Crippen LogP contribution in [0.3, 0.4) is 0 Å². The molecule has 78 valence electrons. The Morgan fingerprint density at radius 2 is 1.93 bits per heavy atom. The van der Waals surface area contributed by atoms with E-state index in [1.54, 1.807) is 6.07 Å². The van der Waals surface area contributed by atoms with Crippen LogP contribution in [0.4, 0.5) is 0 Å². The summed E-state index contributed by atoms with van der Waals surface area (Å²) in [6, 6.07) is 5.65. The molecule has 1 aromatic rings. The predicted octanol–water partition coefficient (Wildman–Crippen LogP) is 3.00. The lowest BCUT2D eigenvalue weighted by atomic mass is 10.2. The van der Waals surface area contributed by atoms with Crippen LogP contribution in [0.1, 0.15) is 19.4 Å². The molecule has 0 bridgehead atoms. The Morgan fingerprint density at radius 1 is 1.29 bits per heavy atom. The monoisotopic (exact) mass is 257 g/mol. The Kier molecular flexibility index (Phi) is 4.42. The summed E-state index contributed by atoms with van der Waals surface area (Å²) in [5.41, 5.74) is 1.22. The first kappa shape index (κ1) is 11.5. The summed E-state index contributed by atoms with van der Waals surface area (Å²) >= 11 is 3.31. The number of hydrogen-bond acceptors (Lipinski definition) is 2. The van der Waals surface area contributed by atoms with Gasteiger partial charge in [-0.1, -0.05) is 19.9 Å². The van der Waals surface area contributed by atoms with Crippen molar-refractivity contribution in [1.82, 2.24) is 4.90 Å². The Morgan fingerprint density at radius 3 is 2.43 bits per heavy atom. The molecule has 0 spiro atoms. The van der Waals surface area contributed by atoms with E-state index in [9.17, 15) is 5.11 Å². The maximum atomic E-state index is 9.33. The smallest absolute Gasteiger partial charge is 0.129 e. The highest BCUT2D eigenvalue weighted by molar-refractivity contribution is 9.10. The summed E-state index contributed by atoms with van der Waals surface area (Å²) < 4.78 is 0.766. The average Bonchev–Trinajstić information content (AvgIpc) is 2.19. The first-order valence-corrected chi connectivity index (χ1v) is 5.66. The second kappa shape index (κ2) is 5.37. The Labute approximate surface area is 93.7 Å². The van der Waals surface area contributed by atoms with Crippen molar-refractivity contribution >= 4 is 15.9 Å². The summed E-state index contributed by atoms with van der Waals surface area (Å²) in [5, 5.41) is 9.33. The molecule has 0 saturated carbocycles. The van der Waals surface area contributed by atoms with Crippen molar-refractivity contribution in [1.29, 1.82) is 0 Å². The number of nitrogens with zero attached hydrogens (tertiary/aromatic N) is 1. The number of aromatic hydroxyl groups is 1. The van der Waals surface area contributed by atoms with E-state index in [1.165, 1.54) is 5.56 Å². The molecule has 3 heteroatoms. The first-order valence-electron chi connectivity index (χ1n) is 4.87. The minimum Gasteiger partial charge on any atom is -0.507 e. The zero-order valence-corrected chi connectivity index (χ0v) is 10.2. The highest BCUT2D eigenvalue weighted by Crippen LogP contribution is 2.24. The van der Waals surface area contributed by atoms with Gasteiger partial charge in [-0.05, 0) is 46.7 Å². The van der Waals surface area contributed by atoms with Crippen LogP contribution in [0.15, 0.2) is 22.7 Å². The second-order valence-corrected chi connectivity index (χ2v) is 4.10. The topological polar surface area (TPSA) is 23.5 Å². The lowest BCUT2D eigenvalue weighted by Gasteiger charge is -2.18. The van der Waals surface area contributed by atoms with Gasteiger partial charge in [0.2, 0.25) is 0 Å². The highest BCUT2D eigenvalue weighted by Gasteiger charge is 2.03. The van der Waals surface area contributed by atoms with Crippen LogP contribution in [0.5, 0.6) is 5.75 Å². The molecular weight excluding hydrogens is 242 g/mol. The lowest BCUT2D eigenvalue weighted by Crippen LogP contribution is -2.21. The van der Waals surface area contributed by atoms with Gasteiger partial charge in [0.25, 0.3) is 0 Å². The van der Waals surface area contributed by atoms with Crippen LogP contribution in [0, 0.1) is 0 Å². The largest absolute Gasteiger partial charge is 0.507 e. The molecule has 0 aliphatic heterocycles. The molecule has 0 atom stereocenters. The van der Waals surface area contributed by atoms with E-state index in [0.29, 0.717) is 5.75 Å². The van der Waals surface area contributed by atoms with E-state index in [-0.39, 0.29) is 0 Å². The molecule has 0 fully saturated rings. The summed E-state index contributed by atoms with van der Waals surface area (Å²) in [6.45, 7) is 7.34. The van der Waals surface area contributed by atoms with Crippen LogP contribution < -0.4 is 0 Å². The fraction of sp³-hybridized carbons (Fsp3) is 0.455. The SMILES string of the molecule is CCN(CC)Cc1ccc(O)c(Br)c1. The summed E-state index contributed by atoms with van der Waals surface area (Å²) in [7, 11) is 0. The molecule has 14 heavy (non-hydrogen) atoms. The maximum Gasteiger partial charge on any atom is 0.129 e. The molecule has 0 heterocycles. The molecule has 0 aromatic heterocycles. The van der Waals surface area contributed by atoms with Gasteiger partial charge in [0, 0.05) is 6.54 Å². The zero-order chi connectivity index (χ0) is 10.6. The molecular formula is C11H16BrNO. The van der Waals surface area contributed by atoms with Crippen LogP contribution in [-0.4, -0.2) is 23.1 Å². The molecule has 1 N–H and O–H groups in total. The number of benzene rings is 1. The van der Waals surface area contributed by atoms with Crippen molar-refractivity contribution in [2.24, 2.45) is 0 Å². The van der Waals surface area contributed by atoms with Gasteiger partial charge in [0.05, 0.1) is 4.47 Å². The van der Waals surface area contributed by atoms with E-state index in [4.69, 9.17) is 0 Å². The van der Waals surface area contributed by atoms with Crippen LogP contribution in [0.2, 0.25) is 0 Å². The molecule has 0 aliphatic rings. The van der Waals surface area contributed by atoms with E-state index in [0.717, 1.165) is 24.1 Å². The van der Waals surface area contributed by atoms with E-state index >= 15 is 0 Å². The molecule has 0 aliphatic carbocycles. The summed E-state index contributed by atoms with van der Waals surface area (Å²) in [4.78, 5) is 2.33. The molecule has 0 saturated heterocycles. The van der Waals surface area contributed by atoms with Gasteiger partial charge >= 0.3 is 0 Å². The molecule has 0 amide bonds. The quantitative estimate of drug-likeness (QED) is 0.897. The third kappa shape index (κ3) is 3.00. The van der Waals surface area contributed by atoms with Gasteiger partial charge in [0.15, 0.2) is 0 Å². The predicted molar refractivity (Wildman–Crippen MR) is 62.4 cm³/mol.